The first-order valence-corrected chi connectivity index (χ1v) is 4.59. The van der Waals surface area contributed by atoms with Gasteiger partial charge in [-0.3, -0.25) is 0 Å². The van der Waals surface area contributed by atoms with Gasteiger partial charge >= 0.3 is 29.6 Å². The number of aromatic carboxylic acids is 1. The Morgan fingerprint density at radius 3 is 2.29 bits per heavy atom. The van der Waals surface area contributed by atoms with E-state index in [0.29, 0.717) is 0 Å². The van der Waals surface area contributed by atoms with Crippen molar-refractivity contribution < 1.29 is 52.4 Å². The van der Waals surface area contributed by atoms with Crippen molar-refractivity contribution in [3.8, 4) is 0 Å². The Labute approximate surface area is 103 Å². The minimum absolute atomic E-state index is 0. The van der Waals surface area contributed by atoms with Crippen molar-refractivity contribution >= 4 is 16.1 Å². The van der Waals surface area contributed by atoms with Gasteiger partial charge in [-0.15, -0.1) is 0 Å². The van der Waals surface area contributed by atoms with Gasteiger partial charge in [-0.25, -0.2) is 8.42 Å². The van der Waals surface area contributed by atoms with Gasteiger partial charge in [0, 0.05) is 0 Å². The summed E-state index contributed by atoms with van der Waals surface area (Å²) in [7, 11) is -4.60. The second-order valence-electron chi connectivity index (χ2n) is 2.27. The number of hydrogen-bond donors (Lipinski definition) is 0. The van der Waals surface area contributed by atoms with Crippen LogP contribution in [0.25, 0.3) is 0 Å². The van der Waals surface area contributed by atoms with Crippen molar-refractivity contribution in [1.29, 1.82) is 0 Å². The maximum absolute atomic E-state index is 10.4. The van der Waals surface area contributed by atoms with Crippen LogP contribution in [0.4, 0.5) is 0 Å². The zero-order valence-electron chi connectivity index (χ0n) is 7.26. The van der Waals surface area contributed by atoms with Crippen LogP contribution in [-0.4, -0.2) is 18.9 Å². The van der Waals surface area contributed by atoms with E-state index < -0.39 is 21.0 Å². The molecule has 0 saturated carbocycles. The summed E-state index contributed by atoms with van der Waals surface area (Å²) in [6, 6.07) is 4.09. The maximum atomic E-state index is 10.4. The van der Waals surface area contributed by atoms with Crippen LogP contribution in [0.2, 0.25) is 0 Å². The molecule has 1 aromatic rings. The Kier molecular flexibility index (Phi) is 4.76. The van der Waals surface area contributed by atoms with Gasteiger partial charge in [-0.1, -0.05) is 12.1 Å². The molecule has 0 amide bonds. The fourth-order valence-corrected chi connectivity index (χ4v) is 1.30. The second kappa shape index (κ2) is 4.90. The van der Waals surface area contributed by atoms with E-state index in [1.54, 1.807) is 0 Å². The minimum Gasteiger partial charge on any atom is -0.744 e. The molecule has 0 aromatic heterocycles. The second-order valence-corrected chi connectivity index (χ2v) is 3.65. The third-order valence-electron chi connectivity index (χ3n) is 1.36. The summed E-state index contributed by atoms with van der Waals surface area (Å²) in [5.41, 5.74) is -0.336. The van der Waals surface area contributed by atoms with E-state index in [2.05, 4.69) is 0 Å². The van der Waals surface area contributed by atoms with E-state index in [0.717, 1.165) is 24.3 Å². The number of carboxylic acids is 1. The van der Waals surface area contributed by atoms with Crippen LogP contribution in [0.15, 0.2) is 29.2 Å². The molecular formula is C7H4NaO5S-. The molecular weight excluding hydrogens is 219 g/mol. The van der Waals surface area contributed by atoms with Crippen LogP contribution >= 0.6 is 0 Å². The van der Waals surface area contributed by atoms with E-state index in [9.17, 15) is 22.9 Å². The van der Waals surface area contributed by atoms with Gasteiger partial charge in [0.2, 0.25) is 0 Å². The van der Waals surface area contributed by atoms with Crippen molar-refractivity contribution in [3.05, 3.63) is 29.8 Å². The summed E-state index contributed by atoms with van der Waals surface area (Å²) in [4.78, 5) is 9.70. The largest absolute Gasteiger partial charge is 1.00 e. The minimum atomic E-state index is -4.60. The van der Waals surface area contributed by atoms with Gasteiger partial charge in [-0.05, 0) is 17.7 Å². The first kappa shape index (κ1) is 13.6. The average Bonchev–Trinajstić information content (AvgIpc) is 2.03. The first-order valence-electron chi connectivity index (χ1n) is 3.18. The molecule has 0 aliphatic heterocycles. The molecule has 70 valence electrons. The summed E-state index contributed by atoms with van der Waals surface area (Å²) in [5, 5.41) is 10.3. The van der Waals surface area contributed by atoms with Crippen molar-refractivity contribution in [2.24, 2.45) is 0 Å². The average molecular weight is 223 g/mol. The molecule has 1 aromatic carbocycles. The van der Waals surface area contributed by atoms with E-state index in [-0.39, 0.29) is 35.1 Å². The number of carbonyl (C=O) groups is 1. The van der Waals surface area contributed by atoms with Crippen LogP contribution in [0.5, 0.6) is 0 Å². The molecule has 0 atom stereocenters. The standard InChI is InChI=1S/C7H6O5S.Na/c8-7(9)5-2-1-3-6(4-5)13(10,11)12;/h1-4H,(H,8,9)(H,10,11,12);/q;+1/p-2. The van der Waals surface area contributed by atoms with E-state index in [1.807, 2.05) is 0 Å². The number of benzene rings is 1. The Morgan fingerprint density at radius 2 is 1.86 bits per heavy atom. The summed E-state index contributed by atoms with van der Waals surface area (Å²) in [6.07, 6.45) is 0. The van der Waals surface area contributed by atoms with Crippen LogP contribution in [0, 0.1) is 0 Å². The van der Waals surface area contributed by atoms with Gasteiger partial charge in [0.25, 0.3) is 0 Å². The molecule has 0 aliphatic carbocycles. The number of hydrogen-bond acceptors (Lipinski definition) is 5. The van der Waals surface area contributed by atoms with Gasteiger partial charge in [0.05, 0.1) is 10.9 Å². The van der Waals surface area contributed by atoms with Crippen molar-refractivity contribution in [2.45, 2.75) is 4.90 Å². The molecule has 1 rings (SSSR count). The molecule has 0 aliphatic rings. The molecule has 0 heterocycles. The van der Waals surface area contributed by atoms with Crippen LogP contribution in [0.3, 0.4) is 0 Å². The topological polar surface area (TPSA) is 97.3 Å². The Morgan fingerprint density at radius 1 is 1.29 bits per heavy atom. The molecule has 0 N–H and O–H groups in total. The zero-order chi connectivity index (χ0) is 10.1. The zero-order valence-corrected chi connectivity index (χ0v) is 10.1. The summed E-state index contributed by atoms with van der Waals surface area (Å²) in [6.45, 7) is 0. The number of carboxylic acid groups (broad SMARTS) is 1. The van der Waals surface area contributed by atoms with Gasteiger partial charge < -0.3 is 14.5 Å². The van der Waals surface area contributed by atoms with Crippen molar-refractivity contribution in [1.82, 2.24) is 0 Å². The normalized spacial score (nSPS) is 10.4. The van der Waals surface area contributed by atoms with Gasteiger partial charge in [0.15, 0.2) is 0 Å². The van der Waals surface area contributed by atoms with Crippen LogP contribution in [-0.2, 0) is 10.1 Å². The molecule has 0 radical (unpaired) electrons. The maximum Gasteiger partial charge on any atom is 1.00 e. The quantitative estimate of drug-likeness (QED) is 0.375. The molecule has 0 saturated heterocycles. The first-order chi connectivity index (χ1) is 5.91. The Bertz CT molecular complexity index is 439. The predicted molar refractivity (Wildman–Crippen MR) is 38.7 cm³/mol. The fourth-order valence-electron chi connectivity index (χ4n) is 0.779. The van der Waals surface area contributed by atoms with E-state index in [4.69, 9.17) is 0 Å². The molecule has 0 fully saturated rings. The molecule has 14 heavy (non-hydrogen) atoms. The molecule has 0 bridgehead atoms. The van der Waals surface area contributed by atoms with Crippen LogP contribution in [0.1, 0.15) is 10.4 Å². The summed E-state index contributed by atoms with van der Waals surface area (Å²) >= 11 is 0. The molecule has 7 heteroatoms. The number of carbonyl (C=O) groups excluding carboxylic acids is 1. The van der Waals surface area contributed by atoms with E-state index >= 15 is 0 Å². The Hall–Kier alpha value is -0.400. The Balaban J connectivity index is 0.00000169. The smallest absolute Gasteiger partial charge is 0.744 e. The van der Waals surface area contributed by atoms with E-state index in [1.165, 1.54) is 0 Å². The van der Waals surface area contributed by atoms with Crippen LogP contribution < -0.4 is 34.7 Å². The molecule has 0 spiro atoms. The number of rotatable bonds is 2. The van der Waals surface area contributed by atoms with Crippen molar-refractivity contribution in [3.63, 3.8) is 0 Å². The third kappa shape index (κ3) is 3.39. The summed E-state index contributed by atoms with van der Waals surface area (Å²) in [5.74, 6) is -1.52. The van der Waals surface area contributed by atoms with Gasteiger partial charge in [-0.2, -0.15) is 0 Å². The molecule has 0 unspecified atom stereocenters. The fraction of sp³-hybridized carbons (Fsp3) is 0. The third-order valence-corrected chi connectivity index (χ3v) is 2.19. The van der Waals surface area contributed by atoms with Gasteiger partial charge in [0.1, 0.15) is 10.1 Å². The predicted octanol–water partition coefficient (Wildman–Crippen LogP) is -4.04. The summed E-state index contributed by atoms with van der Waals surface area (Å²) < 4.78 is 31.3. The SMILES string of the molecule is O=C([O-])c1cccc(S(=O)(=O)[O-])c1.[Na+]. The molecule has 5 nitrogen and oxygen atoms in total. The van der Waals surface area contributed by atoms with Crippen molar-refractivity contribution in [2.75, 3.05) is 0 Å². The monoisotopic (exact) mass is 223 g/mol.